The van der Waals surface area contributed by atoms with Crippen LogP contribution >= 0.6 is 0 Å². The largest absolute Gasteiger partial charge is 0.318 e. The van der Waals surface area contributed by atoms with Crippen molar-refractivity contribution in [2.24, 2.45) is 7.05 Å². The lowest BCUT2D eigenvalue weighted by Crippen LogP contribution is -2.16. The molecule has 98 valence electrons. The number of rotatable bonds is 4. The summed E-state index contributed by atoms with van der Waals surface area (Å²) in [5, 5.41) is 0. The number of nitrogens with zero attached hydrogens (tertiary/aromatic N) is 1. The third-order valence-electron chi connectivity index (χ3n) is 3.29. The first-order valence-corrected chi connectivity index (χ1v) is 6.32. The van der Waals surface area contributed by atoms with Crippen molar-refractivity contribution < 1.29 is 4.79 Å². The predicted octanol–water partition coefficient (Wildman–Crippen LogP) is 2.51. The van der Waals surface area contributed by atoms with Crippen LogP contribution in [0.5, 0.6) is 0 Å². The van der Waals surface area contributed by atoms with Crippen LogP contribution in [0.1, 0.15) is 27.9 Å². The van der Waals surface area contributed by atoms with E-state index in [1.54, 1.807) is 19.3 Å². The zero-order valence-corrected chi connectivity index (χ0v) is 11.2. The minimum Gasteiger partial charge on any atom is -0.318 e. The van der Waals surface area contributed by atoms with Crippen molar-refractivity contribution in [1.29, 1.82) is 0 Å². The molecule has 0 bridgehead atoms. The van der Waals surface area contributed by atoms with Gasteiger partial charge in [-0.05, 0) is 30.5 Å². The molecule has 0 spiro atoms. The second kappa shape index (κ2) is 5.65. The molecule has 3 heteroatoms. The van der Waals surface area contributed by atoms with Gasteiger partial charge in [0.2, 0.25) is 5.56 Å². The summed E-state index contributed by atoms with van der Waals surface area (Å²) in [7, 11) is 1.65. The number of aromatic nitrogens is 1. The zero-order valence-electron chi connectivity index (χ0n) is 11.2. The summed E-state index contributed by atoms with van der Waals surface area (Å²) < 4.78 is 1.43. The normalized spacial score (nSPS) is 10.4. The molecular weight excluding hydrogens is 238 g/mol. The number of hydrogen-bond donors (Lipinski definition) is 0. The Hall–Kier alpha value is -2.16. The molecule has 1 aromatic heterocycles. The number of ketones is 1. The highest BCUT2D eigenvalue weighted by molar-refractivity contribution is 5.95. The van der Waals surface area contributed by atoms with Gasteiger partial charge in [0.05, 0.1) is 0 Å². The average Bonchev–Trinajstić information content (AvgIpc) is 2.40. The lowest BCUT2D eigenvalue weighted by atomic mass is 10.0. The molecule has 19 heavy (non-hydrogen) atoms. The minimum atomic E-state index is -0.101. The van der Waals surface area contributed by atoms with Gasteiger partial charge in [0.1, 0.15) is 0 Å². The van der Waals surface area contributed by atoms with Crippen molar-refractivity contribution >= 4 is 5.78 Å². The molecule has 0 unspecified atom stereocenters. The standard InChI is InChI=1S/C16H17NO2/c1-12-5-3-4-6-13(12)7-9-15(18)14-8-10-16(19)17(2)11-14/h3-6,8,10-11H,7,9H2,1-2H3. The van der Waals surface area contributed by atoms with E-state index in [9.17, 15) is 9.59 Å². The van der Waals surface area contributed by atoms with E-state index in [2.05, 4.69) is 0 Å². The van der Waals surface area contributed by atoms with Crippen LogP contribution in [0.15, 0.2) is 47.4 Å². The van der Waals surface area contributed by atoms with E-state index in [1.807, 2.05) is 31.2 Å². The molecule has 0 N–H and O–H groups in total. The molecule has 0 fully saturated rings. The molecule has 0 aliphatic carbocycles. The summed E-state index contributed by atoms with van der Waals surface area (Å²) in [6.45, 7) is 2.05. The quantitative estimate of drug-likeness (QED) is 0.787. The average molecular weight is 255 g/mol. The third kappa shape index (κ3) is 3.19. The number of aryl methyl sites for hydroxylation is 3. The fourth-order valence-electron chi connectivity index (χ4n) is 2.04. The predicted molar refractivity (Wildman–Crippen MR) is 75.5 cm³/mol. The highest BCUT2D eigenvalue weighted by atomic mass is 16.1. The Bertz CT molecular complexity index is 656. The Morgan fingerprint density at radius 2 is 1.89 bits per heavy atom. The Kier molecular flexibility index (Phi) is 3.95. The Balaban J connectivity index is 2.08. The Morgan fingerprint density at radius 1 is 1.16 bits per heavy atom. The highest BCUT2D eigenvalue weighted by Gasteiger charge is 2.08. The number of pyridine rings is 1. The monoisotopic (exact) mass is 255 g/mol. The van der Waals surface area contributed by atoms with Gasteiger partial charge in [-0.25, -0.2) is 0 Å². The van der Waals surface area contributed by atoms with Crippen LogP contribution in [-0.4, -0.2) is 10.4 Å². The van der Waals surface area contributed by atoms with Crippen LogP contribution in [-0.2, 0) is 13.5 Å². The Labute approximate surface area is 112 Å². The fraction of sp³-hybridized carbons (Fsp3) is 0.250. The van der Waals surface area contributed by atoms with E-state index in [0.717, 1.165) is 6.42 Å². The summed E-state index contributed by atoms with van der Waals surface area (Å²) in [5.41, 5.74) is 2.89. The fourth-order valence-corrected chi connectivity index (χ4v) is 2.04. The molecule has 1 aromatic carbocycles. The van der Waals surface area contributed by atoms with Gasteiger partial charge in [0, 0.05) is 31.3 Å². The summed E-state index contributed by atoms with van der Waals surface area (Å²) >= 11 is 0. The van der Waals surface area contributed by atoms with E-state index in [1.165, 1.54) is 21.8 Å². The molecular formula is C16H17NO2. The van der Waals surface area contributed by atoms with E-state index >= 15 is 0 Å². The highest BCUT2D eigenvalue weighted by Crippen LogP contribution is 2.11. The first kappa shape index (κ1) is 13.3. The van der Waals surface area contributed by atoms with Crippen molar-refractivity contribution in [2.45, 2.75) is 19.8 Å². The number of benzene rings is 1. The summed E-state index contributed by atoms with van der Waals surface area (Å²) in [6.07, 6.45) is 2.79. The molecule has 0 aliphatic heterocycles. The van der Waals surface area contributed by atoms with Crippen LogP contribution < -0.4 is 5.56 Å². The first-order valence-electron chi connectivity index (χ1n) is 6.32. The maximum absolute atomic E-state index is 12.1. The smallest absolute Gasteiger partial charge is 0.250 e. The van der Waals surface area contributed by atoms with E-state index < -0.39 is 0 Å². The van der Waals surface area contributed by atoms with E-state index in [4.69, 9.17) is 0 Å². The van der Waals surface area contributed by atoms with Gasteiger partial charge in [-0.2, -0.15) is 0 Å². The van der Waals surface area contributed by atoms with E-state index in [0.29, 0.717) is 12.0 Å². The number of carbonyl (C=O) groups excluding carboxylic acids is 1. The topological polar surface area (TPSA) is 39.1 Å². The van der Waals surface area contributed by atoms with Crippen molar-refractivity contribution in [2.75, 3.05) is 0 Å². The molecule has 2 rings (SSSR count). The van der Waals surface area contributed by atoms with Crippen LogP contribution in [0.25, 0.3) is 0 Å². The van der Waals surface area contributed by atoms with Gasteiger partial charge >= 0.3 is 0 Å². The third-order valence-corrected chi connectivity index (χ3v) is 3.29. The lowest BCUT2D eigenvalue weighted by molar-refractivity contribution is 0.0982. The second-order valence-corrected chi connectivity index (χ2v) is 4.72. The lowest BCUT2D eigenvalue weighted by Gasteiger charge is -2.06. The van der Waals surface area contributed by atoms with Crippen LogP contribution in [0.4, 0.5) is 0 Å². The van der Waals surface area contributed by atoms with Crippen molar-refractivity contribution in [3.8, 4) is 0 Å². The number of hydrogen-bond acceptors (Lipinski definition) is 2. The molecule has 2 aromatic rings. The molecule has 1 heterocycles. The maximum Gasteiger partial charge on any atom is 0.250 e. The first-order chi connectivity index (χ1) is 9.08. The summed E-state index contributed by atoms with van der Waals surface area (Å²) in [6, 6.07) is 11.1. The van der Waals surface area contributed by atoms with Crippen molar-refractivity contribution in [3.63, 3.8) is 0 Å². The van der Waals surface area contributed by atoms with Crippen molar-refractivity contribution in [3.05, 3.63) is 69.6 Å². The van der Waals surface area contributed by atoms with Gasteiger partial charge in [0.15, 0.2) is 5.78 Å². The molecule has 3 nitrogen and oxygen atoms in total. The SMILES string of the molecule is Cc1ccccc1CCC(=O)c1ccc(=O)n(C)c1. The number of carbonyl (C=O) groups is 1. The number of Topliss-reactive ketones (excluding diaryl/α,β-unsaturated/α-hetero) is 1. The van der Waals surface area contributed by atoms with Crippen LogP contribution in [0.2, 0.25) is 0 Å². The van der Waals surface area contributed by atoms with Crippen LogP contribution in [0.3, 0.4) is 0 Å². The molecule has 0 aliphatic rings. The van der Waals surface area contributed by atoms with Gasteiger partial charge in [0.25, 0.3) is 0 Å². The van der Waals surface area contributed by atoms with Crippen molar-refractivity contribution in [1.82, 2.24) is 4.57 Å². The second-order valence-electron chi connectivity index (χ2n) is 4.72. The Morgan fingerprint density at radius 3 is 2.58 bits per heavy atom. The van der Waals surface area contributed by atoms with Gasteiger partial charge < -0.3 is 4.57 Å². The zero-order chi connectivity index (χ0) is 13.8. The molecule has 0 amide bonds. The van der Waals surface area contributed by atoms with Gasteiger partial charge in [-0.1, -0.05) is 24.3 Å². The summed E-state index contributed by atoms with van der Waals surface area (Å²) in [4.78, 5) is 23.3. The molecule has 0 atom stereocenters. The summed E-state index contributed by atoms with van der Waals surface area (Å²) in [5.74, 6) is 0.0684. The maximum atomic E-state index is 12.1. The van der Waals surface area contributed by atoms with Gasteiger partial charge in [-0.3, -0.25) is 9.59 Å². The van der Waals surface area contributed by atoms with E-state index in [-0.39, 0.29) is 11.3 Å². The minimum absolute atomic E-state index is 0.0684. The van der Waals surface area contributed by atoms with Gasteiger partial charge in [-0.15, -0.1) is 0 Å². The molecule has 0 saturated heterocycles. The van der Waals surface area contributed by atoms with Crippen LogP contribution in [0, 0.1) is 6.92 Å². The molecule has 0 radical (unpaired) electrons. The molecule has 0 saturated carbocycles.